The number of aromatic amines is 1. The maximum Gasteiger partial charge on any atom is 0.265 e. The Morgan fingerprint density at radius 2 is 1.78 bits per heavy atom. The van der Waals surface area contributed by atoms with Gasteiger partial charge >= 0.3 is 0 Å². The number of hydrogen-bond acceptors (Lipinski definition) is 4. The molecule has 2 heterocycles. The number of carbonyl (C=O) groups is 3. The standard InChI is InChI=1S/C32H29F2N3O4/c1-15-17(6-5-9-25(15)37-26(38)14-20-18(31(37)40)7-4-8-22(20)33)27-23(34)13-21(30(35)39)29-28(27)19-11-10-16(32(2,3)41)12-24(19)36-29/h4-9,13,16,36,41H,10-12,14H2,1-3H3,(H2,35,39). The van der Waals surface area contributed by atoms with Crippen LogP contribution in [0.3, 0.4) is 0 Å². The number of halogens is 2. The molecule has 0 spiro atoms. The van der Waals surface area contributed by atoms with Crippen LogP contribution in [0.1, 0.15) is 63.4 Å². The van der Waals surface area contributed by atoms with Gasteiger partial charge in [-0.05, 0) is 86.9 Å². The molecule has 1 aromatic heterocycles. The lowest BCUT2D eigenvalue weighted by atomic mass is 9.77. The zero-order valence-electron chi connectivity index (χ0n) is 22.9. The Labute approximate surface area is 235 Å². The van der Waals surface area contributed by atoms with Gasteiger partial charge in [-0.3, -0.25) is 14.4 Å². The fourth-order valence-electron chi connectivity index (χ4n) is 6.42. The van der Waals surface area contributed by atoms with Crippen LogP contribution in [-0.2, 0) is 24.1 Å². The summed E-state index contributed by atoms with van der Waals surface area (Å²) in [4.78, 5) is 43.3. The highest BCUT2D eigenvalue weighted by Gasteiger charge is 2.36. The van der Waals surface area contributed by atoms with Crippen LogP contribution in [0.25, 0.3) is 22.0 Å². The molecule has 4 aromatic rings. The summed E-state index contributed by atoms with van der Waals surface area (Å²) in [6.45, 7) is 5.22. The average molecular weight is 558 g/mol. The topological polar surface area (TPSA) is 116 Å². The molecule has 1 aliphatic heterocycles. The van der Waals surface area contributed by atoms with Gasteiger partial charge in [-0.1, -0.05) is 18.2 Å². The molecule has 3 aromatic carbocycles. The van der Waals surface area contributed by atoms with E-state index in [9.17, 15) is 23.9 Å². The molecule has 1 aliphatic carbocycles. The molecule has 210 valence electrons. The summed E-state index contributed by atoms with van der Waals surface area (Å²) in [6, 6.07) is 10.2. The Balaban J connectivity index is 1.55. The number of hydrogen-bond donors (Lipinski definition) is 3. The first-order valence-corrected chi connectivity index (χ1v) is 13.5. The van der Waals surface area contributed by atoms with E-state index in [2.05, 4.69) is 4.98 Å². The van der Waals surface area contributed by atoms with Gasteiger partial charge in [0.05, 0.1) is 28.8 Å². The molecule has 6 rings (SSSR count). The third kappa shape index (κ3) is 4.14. The number of aliphatic hydroxyl groups is 1. The van der Waals surface area contributed by atoms with Crippen molar-refractivity contribution in [1.82, 2.24) is 4.98 Å². The highest BCUT2D eigenvalue weighted by Crippen LogP contribution is 2.44. The summed E-state index contributed by atoms with van der Waals surface area (Å²) in [5, 5.41) is 11.2. The fraction of sp³-hybridized carbons (Fsp3) is 0.281. The number of nitrogens with two attached hydrogens (primary N) is 1. The summed E-state index contributed by atoms with van der Waals surface area (Å²) in [6.07, 6.45) is 1.44. The molecule has 9 heteroatoms. The molecule has 0 saturated heterocycles. The van der Waals surface area contributed by atoms with Crippen LogP contribution < -0.4 is 10.6 Å². The number of rotatable bonds is 4. The molecule has 0 fully saturated rings. The van der Waals surface area contributed by atoms with Crippen molar-refractivity contribution >= 4 is 34.3 Å². The Hall–Kier alpha value is -4.37. The molecule has 3 amide bonds. The highest BCUT2D eigenvalue weighted by molar-refractivity contribution is 6.25. The monoisotopic (exact) mass is 557 g/mol. The number of benzene rings is 3. The van der Waals surface area contributed by atoms with Gasteiger partial charge in [-0.25, -0.2) is 13.7 Å². The number of primary amides is 1. The molecule has 0 bridgehead atoms. The van der Waals surface area contributed by atoms with Crippen LogP contribution in [-0.4, -0.2) is 33.4 Å². The van der Waals surface area contributed by atoms with Crippen molar-refractivity contribution < 1.29 is 28.3 Å². The molecule has 0 radical (unpaired) electrons. The molecule has 7 nitrogen and oxygen atoms in total. The van der Waals surface area contributed by atoms with Crippen LogP contribution in [0.2, 0.25) is 0 Å². The second-order valence-corrected chi connectivity index (χ2v) is 11.5. The van der Waals surface area contributed by atoms with E-state index in [-0.39, 0.29) is 40.3 Å². The maximum absolute atomic E-state index is 16.0. The van der Waals surface area contributed by atoms with Crippen molar-refractivity contribution in [3.8, 4) is 11.1 Å². The second-order valence-electron chi connectivity index (χ2n) is 11.5. The number of aromatic nitrogens is 1. The minimum atomic E-state index is -0.921. The SMILES string of the molecule is Cc1c(-c2c(F)cc(C(N)=O)c3[nH]c4c(c23)CCC(C(C)(C)O)C4)cccc1N1C(=O)Cc2c(F)cccc2C1=O. The molecule has 4 N–H and O–H groups in total. The molecular formula is C32H29F2N3O4. The Bertz CT molecular complexity index is 1800. The number of aryl methyl sites for hydroxylation is 1. The molecule has 1 atom stereocenters. The zero-order valence-corrected chi connectivity index (χ0v) is 22.9. The first-order chi connectivity index (χ1) is 19.4. The number of imide groups is 1. The Morgan fingerprint density at radius 1 is 1.07 bits per heavy atom. The Morgan fingerprint density at radius 3 is 2.49 bits per heavy atom. The van der Waals surface area contributed by atoms with Crippen molar-refractivity contribution in [1.29, 1.82) is 0 Å². The summed E-state index contributed by atoms with van der Waals surface area (Å²) < 4.78 is 30.4. The largest absolute Gasteiger partial charge is 0.390 e. The first kappa shape index (κ1) is 26.8. The lowest BCUT2D eigenvalue weighted by Gasteiger charge is -2.32. The van der Waals surface area contributed by atoms with Crippen molar-refractivity contribution in [3.05, 3.63) is 87.6 Å². The summed E-state index contributed by atoms with van der Waals surface area (Å²) >= 11 is 0. The van der Waals surface area contributed by atoms with Crippen LogP contribution >= 0.6 is 0 Å². The van der Waals surface area contributed by atoms with Crippen molar-refractivity contribution in [3.63, 3.8) is 0 Å². The van der Waals surface area contributed by atoms with E-state index in [1.54, 1.807) is 39.0 Å². The molecule has 1 unspecified atom stereocenters. The van der Waals surface area contributed by atoms with E-state index < -0.39 is 35.0 Å². The van der Waals surface area contributed by atoms with Gasteiger partial charge in [-0.2, -0.15) is 0 Å². The Kier molecular flexibility index (Phi) is 6.11. The van der Waals surface area contributed by atoms with Gasteiger partial charge < -0.3 is 15.8 Å². The summed E-state index contributed by atoms with van der Waals surface area (Å²) in [7, 11) is 0. The van der Waals surface area contributed by atoms with Crippen molar-refractivity contribution in [2.75, 3.05) is 4.90 Å². The van der Waals surface area contributed by atoms with E-state index in [1.807, 2.05) is 0 Å². The number of anilines is 1. The van der Waals surface area contributed by atoms with E-state index in [0.717, 1.165) is 22.2 Å². The average Bonchev–Trinajstić information content (AvgIpc) is 3.28. The van der Waals surface area contributed by atoms with Crippen molar-refractivity contribution in [2.45, 2.75) is 52.1 Å². The number of nitrogens with one attached hydrogen (secondary N) is 1. The van der Waals surface area contributed by atoms with Gasteiger partial charge in [0.15, 0.2) is 0 Å². The maximum atomic E-state index is 16.0. The van der Waals surface area contributed by atoms with E-state index in [1.165, 1.54) is 18.2 Å². The third-order valence-corrected chi connectivity index (χ3v) is 8.62. The normalized spacial score (nSPS) is 17.1. The molecule has 41 heavy (non-hydrogen) atoms. The van der Waals surface area contributed by atoms with Gasteiger partial charge in [0, 0.05) is 27.8 Å². The second kappa shape index (κ2) is 9.34. The third-order valence-electron chi connectivity index (χ3n) is 8.62. The minimum absolute atomic E-state index is 0.0179. The van der Waals surface area contributed by atoms with E-state index in [0.29, 0.717) is 41.3 Å². The van der Waals surface area contributed by atoms with Crippen LogP contribution in [0, 0.1) is 24.5 Å². The number of H-pyrrole nitrogens is 1. The highest BCUT2D eigenvalue weighted by atomic mass is 19.1. The van der Waals surface area contributed by atoms with Gasteiger partial charge in [0.2, 0.25) is 5.91 Å². The predicted octanol–water partition coefficient (Wildman–Crippen LogP) is 5.13. The lowest BCUT2D eigenvalue weighted by Crippen LogP contribution is -2.43. The summed E-state index contributed by atoms with van der Waals surface area (Å²) in [5.74, 6) is -3.33. The first-order valence-electron chi connectivity index (χ1n) is 13.5. The predicted molar refractivity (Wildman–Crippen MR) is 151 cm³/mol. The lowest BCUT2D eigenvalue weighted by molar-refractivity contribution is -0.117. The molecule has 2 aliphatic rings. The van der Waals surface area contributed by atoms with Crippen molar-refractivity contribution in [2.24, 2.45) is 11.7 Å². The minimum Gasteiger partial charge on any atom is -0.390 e. The van der Waals surface area contributed by atoms with Gasteiger partial charge in [0.25, 0.3) is 11.8 Å². The number of fused-ring (bicyclic) bond motifs is 4. The number of carbonyl (C=O) groups excluding carboxylic acids is 3. The quantitative estimate of drug-likeness (QED) is 0.302. The van der Waals surface area contributed by atoms with Gasteiger partial charge in [0.1, 0.15) is 11.6 Å². The van der Waals surface area contributed by atoms with Gasteiger partial charge in [-0.15, -0.1) is 0 Å². The smallest absolute Gasteiger partial charge is 0.265 e. The molecule has 0 saturated carbocycles. The van der Waals surface area contributed by atoms with Crippen LogP contribution in [0.4, 0.5) is 14.5 Å². The van der Waals surface area contributed by atoms with E-state index in [4.69, 9.17) is 5.73 Å². The van der Waals surface area contributed by atoms with Crippen LogP contribution in [0.5, 0.6) is 0 Å². The van der Waals surface area contributed by atoms with E-state index >= 15 is 4.39 Å². The summed E-state index contributed by atoms with van der Waals surface area (Å²) in [5.41, 5.74) is 8.39. The fourth-order valence-corrected chi connectivity index (χ4v) is 6.42. The molecular weight excluding hydrogens is 528 g/mol. The zero-order chi connectivity index (χ0) is 29.4. The number of amides is 3. The van der Waals surface area contributed by atoms with Crippen LogP contribution in [0.15, 0.2) is 42.5 Å². The number of nitrogens with zero attached hydrogens (tertiary/aromatic N) is 1.